The highest BCUT2D eigenvalue weighted by molar-refractivity contribution is 4.98. The van der Waals surface area contributed by atoms with Gasteiger partial charge in [0.05, 0.1) is 0 Å². The van der Waals surface area contributed by atoms with E-state index in [1.54, 1.807) is 0 Å². The highest BCUT2D eigenvalue weighted by Gasteiger charge is 2.50. The zero-order valence-corrected chi connectivity index (χ0v) is 18.7. The summed E-state index contributed by atoms with van der Waals surface area (Å²) >= 11 is 0. The second kappa shape index (κ2) is 12.4. The number of halogens is 3. The molecule has 0 aromatic carbocycles. The van der Waals surface area contributed by atoms with Crippen LogP contribution in [0.1, 0.15) is 99.3 Å². The Morgan fingerprint density at radius 1 is 0.481 bits per heavy atom. The molecule has 0 N–H and O–H groups in total. The van der Waals surface area contributed by atoms with Gasteiger partial charge in [-0.15, -0.1) is 0 Å². The van der Waals surface area contributed by atoms with E-state index in [1.807, 2.05) is 0 Å². The van der Waals surface area contributed by atoms with Crippen molar-refractivity contribution in [1.82, 2.24) is 0 Å². The van der Waals surface area contributed by atoms with E-state index in [9.17, 15) is 0 Å². The van der Waals surface area contributed by atoms with Gasteiger partial charge in [-0.05, 0) is 37.0 Å². The Morgan fingerprint density at radius 3 is 0.889 bits per heavy atom. The summed E-state index contributed by atoms with van der Waals surface area (Å²) < 4.78 is 45.6. The fourth-order valence-corrected chi connectivity index (χ4v) is 4.72. The Bertz CT molecular complexity index is 311. The van der Waals surface area contributed by atoms with Gasteiger partial charge in [-0.2, -0.15) is 0 Å². The fourth-order valence-electron chi connectivity index (χ4n) is 4.72. The average molecular weight is 391 g/mol. The Kier molecular flexibility index (Phi) is 11.4. The van der Waals surface area contributed by atoms with Crippen molar-refractivity contribution in [2.24, 2.45) is 35.5 Å². The van der Waals surface area contributed by atoms with Crippen molar-refractivity contribution in [2.75, 3.05) is 0 Å². The molecular formula is C24H45F3. The first-order valence-corrected chi connectivity index (χ1v) is 11.6. The molecule has 0 bridgehead atoms. The quantitative estimate of drug-likeness (QED) is 0.314. The minimum absolute atomic E-state index is 0.544. The molecule has 1 aliphatic carbocycles. The lowest BCUT2D eigenvalue weighted by Gasteiger charge is -2.43. The lowest BCUT2D eigenvalue weighted by Crippen LogP contribution is -2.50. The number of hydrogen-bond donors (Lipinski definition) is 0. The van der Waals surface area contributed by atoms with Crippen LogP contribution in [0.15, 0.2) is 0 Å². The van der Waals surface area contributed by atoms with E-state index in [0.29, 0.717) is 37.0 Å². The first-order chi connectivity index (χ1) is 12.6. The van der Waals surface area contributed by atoms with E-state index in [4.69, 9.17) is 0 Å². The van der Waals surface area contributed by atoms with Crippen LogP contribution in [-0.2, 0) is 0 Å². The van der Waals surface area contributed by atoms with Crippen molar-refractivity contribution in [3.8, 4) is 0 Å². The van der Waals surface area contributed by atoms with E-state index in [-0.39, 0.29) is 0 Å². The molecule has 0 aromatic rings. The summed E-state index contributed by atoms with van der Waals surface area (Å²) in [5.74, 6) is -0.191. The van der Waals surface area contributed by atoms with Crippen LogP contribution in [0.25, 0.3) is 0 Å². The zero-order chi connectivity index (χ0) is 20.6. The lowest BCUT2D eigenvalue weighted by atomic mass is 9.66. The molecule has 0 nitrogen and oxygen atoms in total. The number of hydrogen-bond acceptors (Lipinski definition) is 0. The molecule has 0 saturated heterocycles. The largest absolute Gasteiger partial charge is 0.247 e. The van der Waals surface area contributed by atoms with E-state index in [1.165, 1.54) is 0 Å². The molecule has 1 fully saturated rings. The smallest absolute Gasteiger partial charge is 0.111 e. The van der Waals surface area contributed by atoms with Gasteiger partial charge in [-0.3, -0.25) is 0 Å². The third-order valence-electron chi connectivity index (χ3n) is 6.41. The third kappa shape index (κ3) is 8.36. The molecule has 0 atom stereocenters. The summed E-state index contributed by atoms with van der Waals surface area (Å²) in [5.41, 5.74) is 0. The monoisotopic (exact) mass is 390 g/mol. The van der Waals surface area contributed by atoms with Crippen molar-refractivity contribution < 1.29 is 13.2 Å². The summed E-state index contributed by atoms with van der Waals surface area (Å²) in [4.78, 5) is 0. The van der Waals surface area contributed by atoms with Gasteiger partial charge >= 0.3 is 0 Å². The predicted molar refractivity (Wildman–Crippen MR) is 111 cm³/mol. The van der Waals surface area contributed by atoms with Crippen molar-refractivity contribution in [3.63, 3.8) is 0 Å². The minimum Gasteiger partial charge on any atom is -0.247 e. The van der Waals surface area contributed by atoms with Gasteiger partial charge < -0.3 is 0 Å². The fraction of sp³-hybridized carbons (Fsp3) is 1.00. The van der Waals surface area contributed by atoms with E-state index in [0.717, 1.165) is 38.5 Å². The summed E-state index contributed by atoms with van der Waals surface area (Å²) in [6.45, 7) is 12.8. The molecule has 3 heteroatoms. The van der Waals surface area contributed by atoms with Crippen molar-refractivity contribution in [2.45, 2.75) is 118 Å². The maximum Gasteiger partial charge on any atom is 0.111 e. The normalized spacial score (nSPS) is 32.0. The maximum atomic E-state index is 15.2. The Balaban J connectivity index is 2.80. The van der Waals surface area contributed by atoms with Crippen LogP contribution in [0, 0.1) is 35.5 Å². The van der Waals surface area contributed by atoms with Crippen molar-refractivity contribution >= 4 is 0 Å². The van der Waals surface area contributed by atoms with E-state index >= 15 is 13.2 Å². The molecule has 0 amide bonds. The number of rotatable bonds is 12. The average Bonchev–Trinajstić information content (AvgIpc) is 2.56. The number of alkyl halides is 3. The van der Waals surface area contributed by atoms with Crippen LogP contribution < -0.4 is 0 Å². The summed E-state index contributed by atoms with van der Waals surface area (Å²) in [7, 11) is 0. The molecule has 1 saturated carbocycles. The van der Waals surface area contributed by atoms with E-state index < -0.39 is 36.3 Å². The highest BCUT2D eigenvalue weighted by atomic mass is 19.2. The van der Waals surface area contributed by atoms with Gasteiger partial charge in [0.1, 0.15) is 18.5 Å². The molecule has 0 heterocycles. The van der Waals surface area contributed by atoms with Gasteiger partial charge in [-0.1, -0.05) is 80.1 Å². The lowest BCUT2D eigenvalue weighted by molar-refractivity contribution is -0.0764. The maximum absolute atomic E-state index is 15.2. The molecule has 162 valence electrons. The zero-order valence-electron chi connectivity index (χ0n) is 18.7. The van der Waals surface area contributed by atoms with E-state index in [2.05, 4.69) is 41.5 Å². The second-order valence-electron chi connectivity index (χ2n) is 10.3. The Labute approximate surface area is 167 Å². The standard InChI is InChI=1S/C24H45F3/c1-16(2)10-7-13-19-22(25)20(14-8-11-17(3)4)24(27)21(23(19)26)15-9-12-18(5)6/h16-24H,7-15H2,1-6H3. The summed E-state index contributed by atoms with van der Waals surface area (Å²) in [6, 6.07) is 0. The first kappa shape index (κ1) is 24.8. The van der Waals surface area contributed by atoms with Crippen LogP contribution in [-0.4, -0.2) is 18.5 Å². The SMILES string of the molecule is CC(C)CCCC1C(F)C(CCCC(C)C)C(F)C(CCCC(C)C)C1F. The summed E-state index contributed by atoms with van der Waals surface area (Å²) in [5, 5.41) is 0. The van der Waals surface area contributed by atoms with Crippen LogP contribution in [0.2, 0.25) is 0 Å². The van der Waals surface area contributed by atoms with Crippen molar-refractivity contribution in [1.29, 1.82) is 0 Å². The first-order valence-electron chi connectivity index (χ1n) is 11.6. The topological polar surface area (TPSA) is 0 Å². The Morgan fingerprint density at radius 2 is 0.704 bits per heavy atom. The molecular weight excluding hydrogens is 345 g/mol. The molecule has 0 aliphatic heterocycles. The molecule has 0 aromatic heterocycles. The molecule has 0 radical (unpaired) electrons. The molecule has 1 rings (SSSR count). The molecule has 27 heavy (non-hydrogen) atoms. The van der Waals surface area contributed by atoms with Gasteiger partial charge in [0.2, 0.25) is 0 Å². The van der Waals surface area contributed by atoms with Gasteiger partial charge in [0, 0.05) is 17.8 Å². The van der Waals surface area contributed by atoms with Crippen LogP contribution >= 0.6 is 0 Å². The van der Waals surface area contributed by atoms with Crippen LogP contribution in [0.4, 0.5) is 13.2 Å². The van der Waals surface area contributed by atoms with Gasteiger partial charge in [0.15, 0.2) is 0 Å². The van der Waals surface area contributed by atoms with Crippen molar-refractivity contribution in [3.05, 3.63) is 0 Å². The minimum atomic E-state index is -1.32. The highest BCUT2D eigenvalue weighted by Crippen LogP contribution is 2.46. The Hall–Kier alpha value is -0.210. The second-order valence-corrected chi connectivity index (χ2v) is 10.3. The predicted octanol–water partition coefficient (Wildman–Crippen LogP) is 8.34. The molecule has 0 spiro atoms. The van der Waals surface area contributed by atoms with Crippen LogP contribution in [0.5, 0.6) is 0 Å². The van der Waals surface area contributed by atoms with Crippen LogP contribution in [0.3, 0.4) is 0 Å². The third-order valence-corrected chi connectivity index (χ3v) is 6.41. The molecule has 0 unspecified atom stereocenters. The molecule has 1 aliphatic rings. The van der Waals surface area contributed by atoms with Gasteiger partial charge in [-0.25, -0.2) is 13.2 Å². The van der Waals surface area contributed by atoms with Gasteiger partial charge in [0.25, 0.3) is 0 Å². The summed E-state index contributed by atoms with van der Waals surface area (Å²) in [6.07, 6.45) is 3.23.